The molecule has 0 amide bonds. The fourth-order valence-corrected chi connectivity index (χ4v) is 2.11. The zero-order valence-electron chi connectivity index (χ0n) is 10.7. The van der Waals surface area contributed by atoms with Gasteiger partial charge in [-0.05, 0) is 31.9 Å². The topological polar surface area (TPSA) is 59.3 Å². The van der Waals surface area contributed by atoms with Gasteiger partial charge in [0.1, 0.15) is 16.9 Å². The SMILES string of the molecule is COc1ccc(C(=O)C2(C#N)CC2)c(OC)c1C. The number of benzene rings is 1. The summed E-state index contributed by atoms with van der Waals surface area (Å²) in [6.07, 6.45) is 1.27. The van der Waals surface area contributed by atoms with Gasteiger partial charge in [-0.25, -0.2) is 0 Å². The van der Waals surface area contributed by atoms with Gasteiger partial charge in [0.15, 0.2) is 5.78 Å². The first kappa shape index (κ1) is 12.4. The molecule has 0 saturated heterocycles. The fraction of sp³-hybridized carbons (Fsp3) is 0.429. The molecule has 1 aliphatic rings. The Morgan fingerprint density at radius 1 is 1.33 bits per heavy atom. The summed E-state index contributed by atoms with van der Waals surface area (Å²) in [6.45, 7) is 1.83. The van der Waals surface area contributed by atoms with Gasteiger partial charge in [0.2, 0.25) is 0 Å². The lowest BCUT2D eigenvalue weighted by atomic mass is 9.94. The lowest BCUT2D eigenvalue weighted by Gasteiger charge is -2.15. The van der Waals surface area contributed by atoms with Gasteiger partial charge in [-0.15, -0.1) is 0 Å². The predicted octanol–water partition coefficient (Wildman–Crippen LogP) is 2.50. The highest BCUT2D eigenvalue weighted by atomic mass is 16.5. The molecular formula is C14H15NO3. The minimum absolute atomic E-state index is 0.146. The van der Waals surface area contributed by atoms with Crippen LogP contribution in [0.25, 0.3) is 0 Å². The van der Waals surface area contributed by atoms with E-state index >= 15 is 0 Å². The lowest BCUT2D eigenvalue weighted by Crippen LogP contribution is -2.15. The average molecular weight is 245 g/mol. The summed E-state index contributed by atoms with van der Waals surface area (Å²) in [5.41, 5.74) is 0.420. The van der Waals surface area contributed by atoms with Gasteiger partial charge < -0.3 is 9.47 Å². The van der Waals surface area contributed by atoms with Crippen molar-refractivity contribution in [2.24, 2.45) is 5.41 Å². The standard InChI is InChI=1S/C14H15NO3/c1-9-11(17-2)5-4-10(12(9)18-3)13(16)14(8-15)6-7-14/h4-5H,6-7H2,1-3H3. The molecule has 0 radical (unpaired) electrons. The van der Waals surface area contributed by atoms with Crippen LogP contribution in [0.15, 0.2) is 12.1 Å². The first-order valence-electron chi connectivity index (χ1n) is 5.77. The molecule has 4 heteroatoms. The summed E-state index contributed by atoms with van der Waals surface area (Å²) in [6, 6.07) is 5.52. The van der Waals surface area contributed by atoms with Crippen molar-refractivity contribution in [3.05, 3.63) is 23.3 Å². The van der Waals surface area contributed by atoms with Crippen LogP contribution in [0.3, 0.4) is 0 Å². The first-order valence-corrected chi connectivity index (χ1v) is 5.77. The van der Waals surface area contributed by atoms with E-state index < -0.39 is 5.41 Å². The second-order valence-electron chi connectivity index (χ2n) is 4.50. The van der Waals surface area contributed by atoms with Gasteiger partial charge in [-0.1, -0.05) is 0 Å². The number of nitriles is 1. The van der Waals surface area contributed by atoms with Crippen LogP contribution in [0.5, 0.6) is 11.5 Å². The van der Waals surface area contributed by atoms with E-state index in [9.17, 15) is 4.79 Å². The quantitative estimate of drug-likeness (QED) is 0.765. The van der Waals surface area contributed by atoms with Crippen LogP contribution in [0, 0.1) is 23.7 Å². The third-order valence-electron chi connectivity index (χ3n) is 3.42. The molecule has 94 valence electrons. The lowest BCUT2D eigenvalue weighted by molar-refractivity contribution is 0.0931. The van der Waals surface area contributed by atoms with Crippen molar-refractivity contribution in [2.45, 2.75) is 19.8 Å². The molecule has 0 heterocycles. The molecule has 1 aromatic carbocycles. The van der Waals surface area contributed by atoms with Crippen molar-refractivity contribution in [1.29, 1.82) is 5.26 Å². The highest BCUT2D eigenvalue weighted by Gasteiger charge is 2.51. The normalized spacial score (nSPS) is 15.7. The molecule has 0 aliphatic heterocycles. The summed E-state index contributed by atoms with van der Waals surface area (Å²) in [5, 5.41) is 9.09. The van der Waals surface area contributed by atoms with Crippen molar-refractivity contribution in [1.82, 2.24) is 0 Å². The Hall–Kier alpha value is -2.02. The second kappa shape index (κ2) is 4.34. The third-order valence-corrected chi connectivity index (χ3v) is 3.42. The summed E-state index contributed by atoms with van der Waals surface area (Å²) in [4.78, 5) is 12.3. The maximum Gasteiger partial charge on any atom is 0.186 e. The molecule has 1 fully saturated rings. The van der Waals surface area contributed by atoms with E-state index in [2.05, 4.69) is 6.07 Å². The van der Waals surface area contributed by atoms with Gasteiger partial charge >= 0.3 is 0 Å². The van der Waals surface area contributed by atoms with Gasteiger partial charge in [0.25, 0.3) is 0 Å². The number of hydrogen-bond acceptors (Lipinski definition) is 4. The predicted molar refractivity (Wildman–Crippen MR) is 65.9 cm³/mol. The zero-order chi connectivity index (χ0) is 13.3. The smallest absolute Gasteiger partial charge is 0.186 e. The maximum absolute atomic E-state index is 12.3. The second-order valence-corrected chi connectivity index (χ2v) is 4.50. The van der Waals surface area contributed by atoms with Crippen LogP contribution in [0.2, 0.25) is 0 Å². The Labute approximate surface area is 106 Å². The van der Waals surface area contributed by atoms with E-state index in [4.69, 9.17) is 14.7 Å². The van der Waals surface area contributed by atoms with Gasteiger partial charge in [0.05, 0.1) is 25.9 Å². The molecular weight excluding hydrogens is 230 g/mol. The molecule has 0 unspecified atom stereocenters. The van der Waals surface area contributed by atoms with Crippen LogP contribution >= 0.6 is 0 Å². The first-order chi connectivity index (χ1) is 8.59. The Morgan fingerprint density at radius 2 is 2.00 bits per heavy atom. The molecule has 4 nitrogen and oxygen atoms in total. The molecule has 0 spiro atoms. The minimum Gasteiger partial charge on any atom is -0.496 e. The van der Waals surface area contributed by atoms with Crippen molar-refractivity contribution in [3.8, 4) is 17.6 Å². The Bertz CT molecular complexity index is 539. The molecule has 2 rings (SSSR count). The highest BCUT2D eigenvalue weighted by molar-refractivity contribution is 6.06. The number of nitrogens with zero attached hydrogens (tertiary/aromatic N) is 1. The van der Waals surface area contributed by atoms with Crippen molar-refractivity contribution in [3.63, 3.8) is 0 Å². The molecule has 0 aromatic heterocycles. The number of hydrogen-bond donors (Lipinski definition) is 0. The monoisotopic (exact) mass is 245 g/mol. The van der Waals surface area contributed by atoms with Gasteiger partial charge in [0, 0.05) is 5.56 Å². The van der Waals surface area contributed by atoms with E-state index in [1.165, 1.54) is 7.11 Å². The molecule has 0 bridgehead atoms. The van der Waals surface area contributed by atoms with Crippen LogP contribution in [-0.4, -0.2) is 20.0 Å². The van der Waals surface area contributed by atoms with Crippen LogP contribution in [0.1, 0.15) is 28.8 Å². The highest BCUT2D eigenvalue weighted by Crippen LogP contribution is 2.49. The Balaban J connectivity index is 2.49. The number of carbonyl (C=O) groups is 1. The summed E-state index contributed by atoms with van der Waals surface area (Å²) in [5.74, 6) is 1.03. The van der Waals surface area contributed by atoms with Crippen molar-refractivity contribution < 1.29 is 14.3 Å². The number of ketones is 1. The van der Waals surface area contributed by atoms with Crippen LogP contribution in [0.4, 0.5) is 0 Å². The summed E-state index contributed by atoms with van der Waals surface area (Å²) < 4.78 is 10.5. The zero-order valence-corrected chi connectivity index (χ0v) is 10.7. The molecule has 1 aliphatic carbocycles. The largest absolute Gasteiger partial charge is 0.496 e. The van der Waals surface area contributed by atoms with E-state index in [-0.39, 0.29) is 5.78 Å². The number of carbonyl (C=O) groups excluding carboxylic acids is 1. The van der Waals surface area contributed by atoms with Crippen LogP contribution < -0.4 is 9.47 Å². The molecule has 0 atom stereocenters. The summed E-state index contributed by atoms with van der Waals surface area (Å²) in [7, 11) is 3.09. The summed E-state index contributed by atoms with van der Waals surface area (Å²) >= 11 is 0. The van der Waals surface area contributed by atoms with E-state index in [1.54, 1.807) is 19.2 Å². The molecule has 0 N–H and O–H groups in total. The molecule has 1 saturated carbocycles. The number of Topliss-reactive ketones (excluding diaryl/α,β-unsaturated/α-hetero) is 1. The van der Waals surface area contributed by atoms with Gasteiger partial charge in [-0.3, -0.25) is 4.79 Å². The number of ether oxygens (including phenoxy) is 2. The third kappa shape index (κ3) is 1.72. The Kier molecular flexibility index (Phi) is 3.00. The van der Waals surface area contributed by atoms with E-state index in [0.717, 1.165) is 5.56 Å². The number of methoxy groups -OCH3 is 2. The number of rotatable bonds is 4. The van der Waals surface area contributed by atoms with Crippen molar-refractivity contribution in [2.75, 3.05) is 14.2 Å². The maximum atomic E-state index is 12.3. The molecule has 1 aromatic rings. The Morgan fingerprint density at radius 3 is 2.44 bits per heavy atom. The molecule has 18 heavy (non-hydrogen) atoms. The fourth-order valence-electron chi connectivity index (χ4n) is 2.11. The van der Waals surface area contributed by atoms with E-state index in [1.807, 2.05) is 6.92 Å². The van der Waals surface area contributed by atoms with Gasteiger partial charge in [-0.2, -0.15) is 5.26 Å². The van der Waals surface area contributed by atoms with E-state index in [0.29, 0.717) is 29.9 Å². The van der Waals surface area contributed by atoms with Crippen LogP contribution in [-0.2, 0) is 0 Å². The minimum atomic E-state index is -0.825. The average Bonchev–Trinajstić information content (AvgIpc) is 3.18. The van der Waals surface area contributed by atoms with Crippen molar-refractivity contribution >= 4 is 5.78 Å².